The minimum Gasteiger partial charge on any atom is -0.534 e. The van der Waals surface area contributed by atoms with Crippen LogP contribution in [0.5, 0.6) is 5.75 Å². The minimum absolute atomic E-state index is 0.0206. The molecule has 3 rings (SSSR count). The van der Waals surface area contributed by atoms with Crippen molar-refractivity contribution < 1.29 is 24.4 Å². The summed E-state index contributed by atoms with van der Waals surface area (Å²) in [5.41, 5.74) is 0.590. The van der Waals surface area contributed by atoms with Crippen molar-refractivity contribution >= 4 is 49.1 Å². The average molecular weight is 474 g/mol. The second-order valence-corrected chi connectivity index (χ2v) is 7.21. The number of halogens is 1. The lowest BCUT2D eigenvalue weighted by Gasteiger charge is -2.28. The molecule has 1 aromatic heterocycles. The highest BCUT2D eigenvalue weighted by molar-refractivity contribution is 14.2. The largest absolute Gasteiger partial charge is 0.547 e. The van der Waals surface area contributed by atoms with Crippen molar-refractivity contribution in [3.8, 4) is 5.75 Å². The molecule has 130 valence electrons. The number of carboxylic acid groups (broad SMARTS) is 1. The molecular weight excluding hydrogens is 462 g/mol. The first-order valence-corrected chi connectivity index (χ1v) is 10.5. The van der Waals surface area contributed by atoms with Crippen LogP contribution in [0.4, 0.5) is 0 Å². The molecule has 0 saturated carbocycles. The van der Waals surface area contributed by atoms with Gasteiger partial charge in [0.2, 0.25) is 5.91 Å². The zero-order chi connectivity index (χ0) is 18.0. The number of fused-ring (bicyclic) bond motifs is 1. The van der Waals surface area contributed by atoms with E-state index in [1.807, 2.05) is 0 Å². The first-order valence-electron chi connectivity index (χ1n) is 7.16. The van der Waals surface area contributed by atoms with Gasteiger partial charge in [0.1, 0.15) is 17.3 Å². The maximum absolute atomic E-state index is 12.1. The summed E-state index contributed by atoms with van der Waals surface area (Å²) < 4.78 is 6.72. The van der Waals surface area contributed by atoms with E-state index in [0.29, 0.717) is 10.6 Å². The van der Waals surface area contributed by atoms with Crippen LogP contribution in [-0.4, -0.2) is 50.1 Å². The average Bonchev–Trinajstić information content (AvgIpc) is 3.02. The van der Waals surface area contributed by atoms with Crippen LogP contribution in [-0.2, 0) is 17.8 Å². The third kappa shape index (κ3) is 4.07. The number of amides is 1. The van der Waals surface area contributed by atoms with Gasteiger partial charge in [-0.05, 0) is 27.0 Å². The molecule has 1 amide bonds. The molecule has 12 heteroatoms. The zero-order valence-electron chi connectivity index (χ0n) is 12.6. The van der Waals surface area contributed by atoms with E-state index in [-0.39, 0.29) is 30.2 Å². The Hall–Kier alpha value is -1.80. The van der Waals surface area contributed by atoms with Crippen LogP contribution < -0.4 is 9.97 Å². The maximum atomic E-state index is 12.1. The monoisotopic (exact) mass is 474 g/mol. The van der Waals surface area contributed by atoms with E-state index in [1.54, 1.807) is 18.3 Å². The van der Waals surface area contributed by atoms with Gasteiger partial charge < -0.3 is 20.1 Å². The van der Waals surface area contributed by atoms with Gasteiger partial charge in [0.05, 0.1) is 17.7 Å². The molecule has 1 aliphatic heterocycles. The summed E-state index contributed by atoms with van der Waals surface area (Å²) in [6.45, 7) is -0.0462. The highest BCUT2D eigenvalue weighted by Gasteiger charge is 2.37. The van der Waals surface area contributed by atoms with Crippen molar-refractivity contribution in [3.63, 3.8) is 0 Å². The fourth-order valence-corrected chi connectivity index (χ4v) is 3.34. The van der Waals surface area contributed by atoms with Crippen LogP contribution in [0.2, 0.25) is 0 Å². The lowest BCUT2D eigenvalue weighted by Crippen LogP contribution is -2.53. The molecule has 2 heterocycles. The summed E-state index contributed by atoms with van der Waals surface area (Å²) in [6.07, 6.45) is 1.90. The van der Waals surface area contributed by atoms with E-state index >= 15 is 0 Å². The quantitative estimate of drug-likeness (QED) is 0.424. The molecule has 0 unspecified atom stereocenters. The number of benzene rings is 1. The first kappa shape index (κ1) is 18.0. The van der Waals surface area contributed by atoms with Crippen LogP contribution in [0.3, 0.4) is 0 Å². The molecule has 0 aliphatic carbocycles. The standard InChI is InChI=1S/C13H12BIN4O5S/c15-25-11-6-19(18-17-11)5-10(20)16-9-4-7-2-1-3-8(13(21)22)12(7)24-14(9)23/h1-3,6,9,23H,4-5H2,(H,16,20)(H,21,22)/t9-/m0/s1. The number of aromatic nitrogens is 3. The number of hydrogen-bond acceptors (Lipinski definition) is 7. The normalized spacial score (nSPS) is 16.1. The summed E-state index contributed by atoms with van der Waals surface area (Å²) in [4.78, 5) is 23.4. The Bertz CT molecular complexity index is 819. The van der Waals surface area contributed by atoms with E-state index in [0.717, 1.165) is 0 Å². The Morgan fingerprint density at radius 2 is 2.32 bits per heavy atom. The van der Waals surface area contributed by atoms with Crippen molar-refractivity contribution in [1.82, 2.24) is 20.3 Å². The molecule has 1 aliphatic rings. The van der Waals surface area contributed by atoms with Gasteiger partial charge >= 0.3 is 13.1 Å². The molecular formula is C13H12BIN4O5S. The van der Waals surface area contributed by atoms with Gasteiger partial charge in [-0.25, -0.2) is 9.48 Å². The summed E-state index contributed by atoms with van der Waals surface area (Å²) in [5.74, 6) is -2.05. The van der Waals surface area contributed by atoms with Crippen LogP contribution >= 0.6 is 30.1 Å². The van der Waals surface area contributed by atoms with Gasteiger partial charge in [-0.3, -0.25) is 4.79 Å². The Morgan fingerprint density at radius 1 is 1.52 bits per heavy atom. The number of carboxylic acids is 1. The number of nitrogens with zero attached hydrogens (tertiary/aromatic N) is 3. The number of carbonyl (C=O) groups excluding carboxylic acids is 1. The number of para-hydroxylation sites is 1. The SMILES string of the molecule is O=C(Cn1cc(SI)nn1)N[C@H]1Cc2cccc(C(=O)O)c2OB1O. The Balaban J connectivity index is 1.68. The topological polar surface area (TPSA) is 127 Å². The second kappa shape index (κ2) is 7.62. The number of aromatic carboxylic acids is 1. The number of hydrogen-bond donors (Lipinski definition) is 3. The van der Waals surface area contributed by atoms with Crippen LogP contribution in [0.15, 0.2) is 29.4 Å². The van der Waals surface area contributed by atoms with Crippen molar-refractivity contribution in [2.24, 2.45) is 0 Å². The number of rotatable bonds is 5. The summed E-state index contributed by atoms with van der Waals surface area (Å²) in [7, 11) is 0.0449. The Kier molecular flexibility index (Phi) is 5.49. The molecule has 0 saturated heterocycles. The highest BCUT2D eigenvalue weighted by atomic mass is 127. The Labute approximate surface area is 158 Å². The van der Waals surface area contributed by atoms with Gasteiger partial charge in [0.15, 0.2) is 0 Å². The molecule has 3 N–H and O–H groups in total. The van der Waals surface area contributed by atoms with Gasteiger partial charge in [-0.2, -0.15) is 0 Å². The molecule has 0 bridgehead atoms. The van der Waals surface area contributed by atoms with Crippen molar-refractivity contribution in [2.75, 3.05) is 0 Å². The fraction of sp³-hybridized carbons (Fsp3) is 0.231. The van der Waals surface area contributed by atoms with E-state index in [4.69, 9.17) is 4.65 Å². The third-order valence-electron chi connectivity index (χ3n) is 3.60. The zero-order valence-corrected chi connectivity index (χ0v) is 15.6. The highest BCUT2D eigenvalue weighted by Crippen LogP contribution is 2.30. The van der Waals surface area contributed by atoms with Gasteiger partial charge in [-0.15, -0.1) is 5.10 Å². The summed E-state index contributed by atoms with van der Waals surface area (Å²) in [6, 6.07) is 4.70. The smallest absolute Gasteiger partial charge is 0.534 e. The second-order valence-electron chi connectivity index (χ2n) is 5.32. The minimum atomic E-state index is -1.34. The van der Waals surface area contributed by atoms with Crippen molar-refractivity contribution in [3.05, 3.63) is 35.5 Å². The molecule has 1 aromatic carbocycles. The lowest BCUT2D eigenvalue weighted by molar-refractivity contribution is -0.122. The van der Waals surface area contributed by atoms with E-state index in [2.05, 4.69) is 36.8 Å². The molecule has 9 nitrogen and oxygen atoms in total. The van der Waals surface area contributed by atoms with E-state index < -0.39 is 19.0 Å². The number of carbonyl (C=O) groups is 2. The fourth-order valence-electron chi connectivity index (χ4n) is 2.51. The van der Waals surface area contributed by atoms with E-state index in [1.165, 1.54) is 19.7 Å². The molecule has 1 atom stereocenters. The molecule has 0 spiro atoms. The lowest BCUT2D eigenvalue weighted by atomic mass is 9.72. The van der Waals surface area contributed by atoms with Gasteiger partial charge in [0.25, 0.3) is 0 Å². The van der Waals surface area contributed by atoms with Crippen molar-refractivity contribution in [2.45, 2.75) is 23.9 Å². The predicted molar refractivity (Wildman–Crippen MR) is 97.5 cm³/mol. The number of nitrogens with one attached hydrogen (secondary N) is 1. The Morgan fingerprint density at radius 3 is 3.00 bits per heavy atom. The van der Waals surface area contributed by atoms with Gasteiger partial charge in [0, 0.05) is 21.2 Å². The predicted octanol–water partition coefficient (Wildman–Crippen LogP) is 0.558. The first-order chi connectivity index (χ1) is 12.0. The molecule has 0 radical (unpaired) electrons. The van der Waals surface area contributed by atoms with Crippen molar-refractivity contribution in [1.29, 1.82) is 0 Å². The molecule has 2 aromatic rings. The van der Waals surface area contributed by atoms with Gasteiger partial charge in [-0.1, -0.05) is 17.3 Å². The van der Waals surface area contributed by atoms with Crippen LogP contribution in [0.25, 0.3) is 0 Å². The van der Waals surface area contributed by atoms with Crippen LogP contribution in [0.1, 0.15) is 15.9 Å². The third-order valence-corrected chi connectivity index (χ3v) is 5.30. The summed E-state index contributed by atoms with van der Waals surface area (Å²) in [5, 5.41) is 30.3. The summed E-state index contributed by atoms with van der Waals surface area (Å²) >= 11 is 2.06. The molecule has 25 heavy (non-hydrogen) atoms. The van der Waals surface area contributed by atoms with Crippen LogP contribution in [0, 0.1) is 0 Å². The maximum Gasteiger partial charge on any atom is 0.547 e. The molecule has 0 fully saturated rings. The van der Waals surface area contributed by atoms with E-state index in [9.17, 15) is 19.7 Å².